The van der Waals surface area contributed by atoms with Crippen LogP contribution in [0.5, 0.6) is 0 Å². The van der Waals surface area contributed by atoms with Crippen LogP contribution in [-0.2, 0) is 42.5 Å². The number of Topliss-reactive ketones (excluding diaryl/α,β-unsaturated/α-hetero) is 1. The van der Waals surface area contributed by atoms with Crippen molar-refractivity contribution >= 4 is 33.5 Å². The lowest BCUT2D eigenvalue weighted by Gasteiger charge is -2.47. The lowest BCUT2D eigenvalue weighted by Crippen LogP contribution is -2.59. The molecular weight excluding hydrogens is 669 g/mol. The number of benzene rings is 3. The van der Waals surface area contributed by atoms with Gasteiger partial charge in [0.2, 0.25) is 10.0 Å². The number of carbonyl (C=O) groups excluding carboxylic acids is 2. The van der Waals surface area contributed by atoms with Crippen LogP contribution in [-0.4, -0.2) is 75.1 Å². The lowest BCUT2D eigenvalue weighted by atomic mass is 9.64. The van der Waals surface area contributed by atoms with Crippen LogP contribution >= 0.6 is 11.6 Å². The summed E-state index contributed by atoms with van der Waals surface area (Å²) in [5.74, 6) is -0.785. The molecule has 0 aromatic heterocycles. The summed E-state index contributed by atoms with van der Waals surface area (Å²) < 4.78 is 55.8. The molecule has 49 heavy (non-hydrogen) atoms. The van der Waals surface area contributed by atoms with Crippen molar-refractivity contribution in [3.63, 3.8) is 0 Å². The fraction of sp³-hybridized carbons (Fsp3) is 0.459. The molecule has 0 aliphatic carbocycles. The van der Waals surface area contributed by atoms with E-state index in [1.807, 2.05) is 32.9 Å². The molecule has 2 N–H and O–H groups in total. The van der Waals surface area contributed by atoms with Crippen LogP contribution in [0.2, 0.25) is 5.02 Å². The van der Waals surface area contributed by atoms with Gasteiger partial charge in [0.15, 0.2) is 5.78 Å². The Morgan fingerprint density at radius 2 is 1.69 bits per heavy atom. The number of sulfonamides is 1. The van der Waals surface area contributed by atoms with Crippen molar-refractivity contribution in [3.05, 3.63) is 100 Å². The average Bonchev–Trinajstić information content (AvgIpc) is 3.06. The summed E-state index contributed by atoms with van der Waals surface area (Å²) in [6.07, 6.45) is 0.0523. The standard InChI is InChI=1S/C37H45ClFN3O6S/c1-24-22-40-23-30(42(24)49(45,46)31-10-6-5-7-11-31)17-18-32-27(9-8-12-33(32)39)19-34(43)35(41-36(44)47-4)37(20-25(2)48-26(3)21-37)28-13-15-29(38)16-14-28/h5-16,24-26,30,35,40H,17-23H2,1-4H3,(H,41,44)/t24-,25-,26+,30-,35+,37?/m0/s1. The molecule has 0 radical (unpaired) electrons. The van der Waals surface area contributed by atoms with Crippen LogP contribution in [0.4, 0.5) is 9.18 Å². The molecular formula is C37H45ClFN3O6S. The summed E-state index contributed by atoms with van der Waals surface area (Å²) in [7, 11) is -2.57. The molecule has 0 spiro atoms. The van der Waals surface area contributed by atoms with E-state index in [4.69, 9.17) is 21.1 Å². The Balaban J connectivity index is 1.46. The molecule has 2 fully saturated rings. The highest BCUT2D eigenvalue weighted by Crippen LogP contribution is 2.44. The summed E-state index contributed by atoms with van der Waals surface area (Å²) in [4.78, 5) is 27.5. The van der Waals surface area contributed by atoms with Gasteiger partial charge in [0.05, 0.1) is 24.2 Å². The molecule has 3 aromatic rings. The second-order valence-electron chi connectivity index (χ2n) is 13.3. The van der Waals surface area contributed by atoms with E-state index in [1.54, 1.807) is 54.6 Å². The van der Waals surface area contributed by atoms with Gasteiger partial charge in [0.1, 0.15) is 11.9 Å². The molecule has 2 aliphatic rings. The number of nitrogens with zero attached hydrogens (tertiary/aromatic N) is 1. The number of alkyl carbamates (subject to hydrolysis) is 1. The number of piperazine rings is 1. The van der Waals surface area contributed by atoms with E-state index in [0.29, 0.717) is 48.5 Å². The van der Waals surface area contributed by atoms with Gasteiger partial charge in [0.25, 0.3) is 0 Å². The molecule has 12 heteroatoms. The van der Waals surface area contributed by atoms with E-state index in [0.717, 1.165) is 5.56 Å². The average molecular weight is 714 g/mol. The minimum Gasteiger partial charge on any atom is -0.453 e. The van der Waals surface area contributed by atoms with Gasteiger partial charge in [0, 0.05) is 42.0 Å². The first-order valence-corrected chi connectivity index (χ1v) is 18.5. The Labute approximate surface area is 293 Å². The molecule has 1 unspecified atom stereocenters. The Kier molecular flexibility index (Phi) is 11.8. The Morgan fingerprint density at radius 3 is 2.35 bits per heavy atom. The fourth-order valence-electron chi connectivity index (χ4n) is 7.75. The summed E-state index contributed by atoms with van der Waals surface area (Å²) in [5, 5.41) is 6.69. The predicted molar refractivity (Wildman–Crippen MR) is 187 cm³/mol. The third-order valence-corrected chi connectivity index (χ3v) is 12.1. The maximum atomic E-state index is 15.7. The zero-order chi connectivity index (χ0) is 35.3. The van der Waals surface area contributed by atoms with Crippen molar-refractivity contribution in [2.75, 3.05) is 20.2 Å². The second kappa shape index (κ2) is 15.7. The minimum absolute atomic E-state index is 0.161. The minimum atomic E-state index is -3.81. The van der Waals surface area contributed by atoms with Crippen molar-refractivity contribution in [3.8, 4) is 0 Å². The van der Waals surface area contributed by atoms with Crippen LogP contribution in [0.1, 0.15) is 56.7 Å². The summed E-state index contributed by atoms with van der Waals surface area (Å²) in [5.41, 5.74) is 0.788. The SMILES string of the molecule is COC(=O)N[C@H](C(=O)Cc1cccc(F)c1CC[C@H]1CNC[C@H](C)N1S(=O)(=O)c1ccccc1)C1(c2ccc(Cl)cc2)C[C@@H](C)O[C@@H](C)C1. The molecule has 5 rings (SSSR count). The van der Waals surface area contributed by atoms with E-state index >= 15 is 4.39 Å². The zero-order valence-electron chi connectivity index (χ0n) is 28.3. The topological polar surface area (TPSA) is 114 Å². The highest BCUT2D eigenvalue weighted by Gasteiger charge is 2.50. The van der Waals surface area contributed by atoms with Gasteiger partial charge in [-0.2, -0.15) is 4.31 Å². The van der Waals surface area contributed by atoms with Crippen LogP contribution in [0.25, 0.3) is 0 Å². The van der Waals surface area contributed by atoms with Crippen molar-refractivity contribution in [2.24, 2.45) is 0 Å². The van der Waals surface area contributed by atoms with Gasteiger partial charge in [-0.25, -0.2) is 17.6 Å². The summed E-state index contributed by atoms with van der Waals surface area (Å²) >= 11 is 6.24. The number of amides is 1. The third-order valence-electron chi connectivity index (χ3n) is 9.75. The maximum absolute atomic E-state index is 15.7. The molecule has 3 aromatic carbocycles. The summed E-state index contributed by atoms with van der Waals surface area (Å²) in [6.45, 7) is 6.64. The monoisotopic (exact) mass is 713 g/mol. The first-order valence-electron chi connectivity index (χ1n) is 16.7. The number of methoxy groups -OCH3 is 1. The molecule has 0 saturated carbocycles. The van der Waals surface area contributed by atoms with Crippen LogP contribution in [0.15, 0.2) is 77.7 Å². The number of carbonyl (C=O) groups is 2. The number of nitrogens with one attached hydrogen (secondary N) is 2. The molecule has 264 valence electrons. The molecule has 2 heterocycles. The molecule has 1 amide bonds. The Morgan fingerprint density at radius 1 is 1.02 bits per heavy atom. The lowest BCUT2D eigenvalue weighted by molar-refractivity contribution is -0.126. The quantitative estimate of drug-likeness (QED) is 0.257. The van der Waals surface area contributed by atoms with Gasteiger partial charge < -0.3 is 20.1 Å². The number of rotatable bonds is 11. The van der Waals surface area contributed by atoms with E-state index in [9.17, 15) is 18.0 Å². The largest absolute Gasteiger partial charge is 0.453 e. The Hall–Kier alpha value is -3.35. The summed E-state index contributed by atoms with van der Waals surface area (Å²) in [6, 6.07) is 18.4. The number of hydrogen-bond acceptors (Lipinski definition) is 7. The van der Waals surface area contributed by atoms with Gasteiger partial charge in [-0.3, -0.25) is 4.79 Å². The highest BCUT2D eigenvalue weighted by atomic mass is 35.5. The van der Waals surface area contributed by atoms with Gasteiger partial charge in [-0.1, -0.05) is 54.1 Å². The second-order valence-corrected chi connectivity index (χ2v) is 15.5. The predicted octanol–water partition coefficient (Wildman–Crippen LogP) is 5.82. The Bertz CT molecular complexity index is 1720. The van der Waals surface area contributed by atoms with E-state index in [1.165, 1.54) is 17.5 Å². The van der Waals surface area contributed by atoms with Crippen molar-refractivity contribution in [2.45, 2.75) is 93.5 Å². The molecule has 2 aliphatic heterocycles. The number of halogens is 2. The van der Waals surface area contributed by atoms with Crippen LogP contribution < -0.4 is 10.6 Å². The van der Waals surface area contributed by atoms with Crippen LogP contribution in [0, 0.1) is 5.82 Å². The van der Waals surface area contributed by atoms with Gasteiger partial charge >= 0.3 is 6.09 Å². The number of ketones is 1. The van der Waals surface area contributed by atoms with Gasteiger partial charge in [-0.05, 0) is 93.5 Å². The van der Waals surface area contributed by atoms with Crippen molar-refractivity contribution < 1.29 is 31.9 Å². The molecule has 9 nitrogen and oxygen atoms in total. The third kappa shape index (κ3) is 8.18. The number of hydrogen-bond donors (Lipinski definition) is 2. The van der Waals surface area contributed by atoms with Crippen molar-refractivity contribution in [1.82, 2.24) is 14.9 Å². The highest BCUT2D eigenvalue weighted by molar-refractivity contribution is 7.89. The maximum Gasteiger partial charge on any atom is 0.407 e. The van der Waals surface area contributed by atoms with E-state index in [-0.39, 0.29) is 41.8 Å². The zero-order valence-corrected chi connectivity index (χ0v) is 29.9. The molecule has 2 saturated heterocycles. The van der Waals surface area contributed by atoms with E-state index < -0.39 is 39.4 Å². The van der Waals surface area contributed by atoms with Crippen molar-refractivity contribution in [1.29, 1.82) is 0 Å². The molecule has 6 atom stereocenters. The number of ether oxygens (including phenoxy) is 2. The van der Waals surface area contributed by atoms with Crippen LogP contribution in [0.3, 0.4) is 0 Å². The fourth-order valence-corrected chi connectivity index (χ4v) is 9.74. The first kappa shape index (κ1) is 36.9. The van der Waals surface area contributed by atoms with Gasteiger partial charge in [-0.15, -0.1) is 0 Å². The molecule has 0 bridgehead atoms. The smallest absolute Gasteiger partial charge is 0.407 e. The van der Waals surface area contributed by atoms with E-state index in [2.05, 4.69) is 10.6 Å². The first-order chi connectivity index (χ1) is 23.4. The normalized spacial score (nSPS) is 25.3.